The van der Waals surface area contributed by atoms with Crippen LogP contribution < -0.4 is 5.32 Å². The maximum Gasteiger partial charge on any atom is 0.220 e. The highest BCUT2D eigenvalue weighted by Gasteiger charge is 2.08. The molecular weight excluding hydrogens is 783 g/mol. The number of aliphatic hydroxyl groups is 1. The Morgan fingerprint density at radius 3 is 0.750 bits per heavy atom. The molecule has 0 heterocycles. The number of carbonyl (C=O) groups excluding carboxylic acids is 2. The van der Waals surface area contributed by atoms with Crippen molar-refractivity contribution >= 4 is 11.7 Å². The summed E-state index contributed by atoms with van der Waals surface area (Å²) in [4.78, 5) is 24.4. The third kappa shape index (κ3) is 55.4. The van der Waals surface area contributed by atoms with Gasteiger partial charge in [0.05, 0.1) is 6.10 Å². The number of ketones is 1. The Hall–Kier alpha value is -0.900. The van der Waals surface area contributed by atoms with Crippen LogP contribution in [0.25, 0.3) is 0 Å². The highest BCUT2D eigenvalue weighted by atomic mass is 16.3. The van der Waals surface area contributed by atoms with Crippen molar-refractivity contribution in [3.63, 3.8) is 0 Å². The average molecular weight is 903 g/mol. The summed E-state index contributed by atoms with van der Waals surface area (Å²) in [5.74, 6) is 0.635. The van der Waals surface area contributed by atoms with Crippen LogP contribution in [0.1, 0.15) is 361 Å². The maximum absolute atomic E-state index is 12.2. The van der Waals surface area contributed by atoms with E-state index < -0.39 is 6.10 Å². The van der Waals surface area contributed by atoms with E-state index in [-0.39, 0.29) is 5.91 Å². The second-order valence-electron chi connectivity index (χ2n) is 21.0. The Balaban J connectivity index is 3.22. The van der Waals surface area contributed by atoms with Gasteiger partial charge in [-0.1, -0.05) is 316 Å². The second-order valence-corrected chi connectivity index (χ2v) is 21.0. The molecule has 0 bridgehead atoms. The maximum atomic E-state index is 12.2. The van der Waals surface area contributed by atoms with Crippen molar-refractivity contribution in [2.24, 2.45) is 0 Å². The minimum atomic E-state index is -0.390. The monoisotopic (exact) mass is 902 g/mol. The van der Waals surface area contributed by atoms with Crippen LogP contribution >= 0.6 is 0 Å². The van der Waals surface area contributed by atoms with Gasteiger partial charge in [-0.2, -0.15) is 0 Å². The quantitative estimate of drug-likeness (QED) is 0.0598. The van der Waals surface area contributed by atoms with Crippen molar-refractivity contribution in [3.05, 3.63) is 0 Å². The molecule has 4 nitrogen and oxygen atoms in total. The third-order valence-corrected chi connectivity index (χ3v) is 14.3. The molecule has 0 aliphatic carbocycles. The summed E-state index contributed by atoms with van der Waals surface area (Å²) in [5.41, 5.74) is 0. The Kier molecular flexibility index (Phi) is 55.6. The van der Waals surface area contributed by atoms with Crippen LogP contribution in [0.15, 0.2) is 0 Å². The summed E-state index contributed by atoms with van der Waals surface area (Å²) in [5, 5.41) is 13.2. The molecule has 0 aromatic heterocycles. The zero-order chi connectivity index (χ0) is 46.3. The topological polar surface area (TPSA) is 66.4 Å². The molecular formula is C60H119NO3. The number of aliphatic hydroxyl groups excluding tert-OH is 1. The number of hydrogen-bond acceptors (Lipinski definition) is 3. The van der Waals surface area contributed by atoms with Crippen LogP contribution in [0.3, 0.4) is 0 Å². The Bertz CT molecular complexity index is 890. The van der Waals surface area contributed by atoms with Crippen molar-refractivity contribution in [2.75, 3.05) is 6.54 Å². The van der Waals surface area contributed by atoms with Gasteiger partial charge in [0, 0.05) is 25.8 Å². The van der Waals surface area contributed by atoms with Crippen LogP contribution in [0, 0.1) is 0 Å². The zero-order valence-corrected chi connectivity index (χ0v) is 44.2. The molecule has 382 valence electrons. The summed E-state index contributed by atoms with van der Waals surface area (Å²) in [6.45, 7) is 4.99. The lowest BCUT2D eigenvalue weighted by Crippen LogP contribution is -2.31. The molecule has 1 unspecified atom stereocenters. The van der Waals surface area contributed by atoms with Gasteiger partial charge >= 0.3 is 0 Å². The summed E-state index contributed by atoms with van der Waals surface area (Å²) < 4.78 is 0. The Morgan fingerprint density at radius 1 is 0.297 bits per heavy atom. The van der Waals surface area contributed by atoms with Crippen molar-refractivity contribution in [1.82, 2.24) is 5.32 Å². The fourth-order valence-electron chi connectivity index (χ4n) is 9.78. The largest absolute Gasteiger partial charge is 0.391 e. The van der Waals surface area contributed by atoms with Gasteiger partial charge in [-0.05, 0) is 25.7 Å². The molecule has 0 aromatic carbocycles. The number of unbranched alkanes of at least 4 members (excludes halogenated alkanes) is 47. The van der Waals surface area contributed by atoms with Crippen LogP contribution in [-0.2, 0) is 9.59 Å². The summed E-state index contributed by atoms with van der Waals surface area (Å²) in [7, 11) is 0. The average Bonchev–Trinajstić information content (AvgIpc) is 3.29. The molecule has 0 fully saturated rings. The van der Waals surface area contributed by atoms with E-state index in [1.807, 2.05) is 0 Å². The molecule has 1 atom stereocenters. The number of hydrogen-bond donors (Lipinski definition) is 2. The van der Waals surface area contributed by atoms with E-state index in [9.17, 15) is 14.7 Å². The molecule has 0 aliphatic rings. The molecule has 0 saturated heterocycles. The highest BCUT2D eigenvalue weighted by Crippen LogP contribution is 2.18. The van der Waals surface area contributed by atoms with Gasteiger partial charge in [-0.3, -0.25) is 9.59 Å². The van der Waals surface area contributed by atoms with Crippen molar-refractivity contribution < 1.29 is 14.7 Å². The van der Waals surface area contributed by atoms with E-state index in [1.54, 1.807) is 0 Å². The molecule has 64 heavy (non-hydrogen) atoms. The predicted octanol–water partition coefficient (Wildman–Crippen LogP) is 20.1. The minimum Gasteiger partial charge on any atom is -0.391 e. The van der Waals surface area contributed by atoms with Crippen LogP contribution in [0.5, 0.6) is 0 Å². The smallest absolute Gasteiger partial charge is 0.220 e. The number of amides is 1. The van der Waals surface area contributed by atoms with E-state index in [2.05, 4.69) is 19.2 Å². The van der Waals surface area contributed by atoms with Gasteiger partial charge < -0.3 is 10.4 Å². The SMILES string of the molecule is CCCCCCCCCCCCCCCCC(O)CNC(=O)CCCCCCCCCCCCCCCCCCCCCCCCCCCCCC(=O)CCCCCCCCCCC. The van der Waals surface area contributed by atoms with Crippen molar-refractivity contribution in [1.29, 1.82) is 0 Å². The number of nitrogens with one attached hydrogen (secondary N) is 1. The first kappa shape index (κ1) is 63.1. The lowest BCUT2D eigenvalue weighted by Gasteiger charge is -2.12. The molecule has 4 heteroatoms. The number of Topliss-reactive ketones (excluding diaryl/α,β-unsaturated/α-hetero) is 1. The lowest BCUT2D eigenvalue weighted by molar-refractivity contribution is -0.121. The van der Waals surface area contributed by atoms with Gasteiger partial charge in [-0.15, -0.1) is 0 Å². The normalized spacial score (nSPS) is 12.0. The molecule has 0 spiro atoms. The van der Waals surface area contributed by atoms with Gasteiger partial charge in [0.1, 0.15) is 5.78 Å². The summed E-state index contributed by atoms with van der Waals surface area (Å²) in [6, 6.07) is 0. The number of rotatable bonds is 57. The summed E-state index contributed by atoms with van der Waals surface area (Å²) >= 11 is 0. The van der Waals surface area contributed by atoms with E-state index in [1.165, 1.54) is 289 Å². The molecule has 0 radical (unpaired) electrons. The fourth-order valence-corrected chi connectivity index (χ4v) is 9.78. The molecule has 2 N–H and O–H groups in total. The van der Waals surface area contributed by atoms with Crippen LogP contribution in [0.4, 0.5) is 0 Å². The van der Waals surface area contributed by atoms with Crippen LogP contribution in [0.2, 0.25) is 0 Å². The van der Waals surface area contributed by atoms with Crippen molar-refractivity contribution in [2.45, 2.75) is 367 Å². The first-order valence-corrected chi connectivity index (χ1v) is 30.1. The minimum absolute atomic E-state index is 0.116. The van der Waals surface area contributed by atoms with E-state index in [4.69, 9.17) is 0 Å². The fraction of sp³-hybridized carbons (Fsp3) is 0.967. The lowest BCUT2D eigenvalue weighted by atomic mass is 10.0. The Labute approximate surface area is 403 Å². The zero-order valence-electron chi connectivity index (χ0n) is 44.2. The predicted molar refractivity (Wildman–Crippen MR) is 285 cm³/mol. The first-order valence-electron chi connectivity index (χ1n) is 30.1. The summed E-state index contributed by atoms with van der Waals surface area (Å²) in [6.07, 6.45) is 70.4. The highest BCUT2D eigenvalue weighted by molar-refractivity contribution is 5.78. The standard InChI is InChI=1S/C60H119NO3/c1-3-5-7-9-11-13-14-15-31-35-39-43-47-51-55-59(63)57-61-60(64)56-52-48-44-40-36-33-30-28-26-24-22-20-18-16-17-19-21-23-25-27-29-32-34-38-42-46-50-54-58(62)53-49-45-41-37-12-10-8-6-4-2/h59,63H,3-57H2,1-2H3,(H,61,64). The van der Waals surface area contributed by atoms with Gasteiger partial charge in [0.2, 0.25) is 5.91 Å². The van der Waals surface area contributed by atoms with E-state index in [0.29, 0.717) is 18.7 Å². The van der Waals surface area contributed by atoms with Crippen LogP contribution in [-0.4, -0.2) is 29.4 Å². The molecule has 0 aromatic rings. The first-order chi connectivity index (χ1) is 31.6. The van der Waals surface area contributed by atoms with Gasteiger partial charge in [-0.25, -0.2) is 0 Å². The van der Waals surface area contributed by atoms with E-state index >= 15 is 0 Å². The van der Waals surface area contributed by atoms with Gasteiger partial charge in [0.25, 0.3) is 0 Å². The molecule has 0 saturated carbocycles. The Morgan fingerprint density at radius 2 is 0.500 bits per heavy atom. The third-order valence-electron chi connectivity index (χ3n) is 14.3. The molecule has 1 amide bonds. The van der Waals surface area contributed by atoms with E-state index in [0.717, 1.165) is 51.4 Å². The van der Waals surface area contributed by atoms with Crippen molar-refractivity contribution in [3.8, 4) is 0 Å². The van der Waals surface area contributed by atoms with Gasteiger partial charge in [0.15, 0.2) is 0 Å². The number of carbonyl (C=O) groups is 2. The molecule has 0 aliphatic heterocycles. The second kappa shape index (κ2) is 56.4. The molecule has 0 rings (SSSR count).